The Morgan fingerprint density at radius 3 is 1.95 bits per heavy atom. The summed E-state index contributed by atoms with van der Waals surface area (Å²) in [6.45, 7) is 7.31. The molecule has 0 saturated carbocycles. The van der Waals surface area contributed by atoms with Crippen LogP contribution in [0.4, 0.5) is 0 Å². The number of rotatable bonds is 11. The third kappa shape index (κ3) is 8.24. The first kappa shape index (κ1) is 17.4. The van der Waals surface area contributed by atoms with Gasteiger partial charge in [0.15, 0.2) is 0 Å². The summed E-state index contributed by atoms with van der Waals surface area (Å²) in [5.41, 5.74) is 0. The van der Waals surface area contributed by atoms with Crippen molar-refractivity contribution in [3.05, 3.63) is 0 Å². The molecule has 0 radical (unpaired) electrons. The van der Waals surface area contributed by atoms with Crippen LogP contribution >= 0.6 is 11.8 Å². The first-order valence-electron chi connectivity index (χ1n) is 8.70. The van der Waals surface area contributed by atoms with E-state index in [1.54, 1.807) is 0 Å². The van der Waals surface area contributed by atoms with Crippen LogP contribution in [0.25, 0.3) is 0 Å². The third-order valence-electron chi connectivity index (χ3n) is 4.34. The summed E-state index contributed by atoms with van der Waals surface area (Å²) in [5, 5.41) is 0. The second kappa shape index (κ2) is 12.1. The van der Waals surface area contributed by atoms with Gasteiger partial charge in [-0.05, 0) is 12.8 Å². The number of hydrogen-bond donors (Lipinski definition) is 0. The molecule has 0 aliphatic carbocycles. The van der Waals surface area contributed by atoms with E-state index < -0.39 is 0 Å². The number of thioether (sulfide) groups is 1. The van der Waals surface area contributed by atoms with E-state index in [0.717, 1.165) is 6.04 Å². The van der Waals surface area contributed by atoms with Crippen LogP contribution in [-0.4, -0.2) is 35.5 Å². The van der Waals surface area contributed by atoms with Gasteiger partial charge in [-0.1, -0.05) is 65.2 Å². The van der Waals surface area contributed by atoms with Gasteiger partial charge < -0.3 is 0 Å². The molecule has 0 bridgehead atoms. The summed E-state index contributed by atoms with van der Waals surface area (Å²) in [6.07, 6.45) is 14.3. The fourth-order valence-electron chi connectivity index (χ4n) is 3.07. The van der Waals surface area contributed by atoms with Gasteiger partial charge in [-0.2, -0.15) is 11.8 Å². The minimum atomic E-state index is 0.897. The van der Waals surface area contributed by atoms with Gasteiger partial charge in [0.1, 0.15) is 0 Å². The maximum Gasteiger partial charge on any atom is 0.00959 e. The van der Waals surface area contributed by atoms with E-state index in [4.69, 9.17) is 0 Å². The summed E-state index contributed by atoms with van der Waals surface area (Å²) in [7, 11) is 0. The van der Waals surface area contributed by atoms with E-state index in [9.17, 15) is 0 Å². The molecule has 1 heterocycles. The van der Waals surface area contributed by atoms with Crippen molar-refractivity contribution in [3.8, 4) is 0 Å². The zero-order chi connectivity index (χ0) is 13.8. The normalized spacial score (nSPS) is 18.6. The molecule has 1 nitrogen and oxygen atoms in total. The van der Waals surface area contributed by atoms with Gasteiger partial charge in [0.25, 0.3) is 0 Å². The van der Waals surface area contributed by atoms with Crippen molar-refractivity contribution in [1.29, 1.82) is 0 Å². The number of hydrogen-bond acceptors (Lipinski definition) is 2. The first-order valence-corrected chi connectivity index (χ1v) is 9.85. The summed E-state index contributed by atoms with van der Waals surface area (Å²) in [6, 6.07) is 0.897. The van der Waals surface area contributed by atoms with Gasteiger partial charge in [-0.25, -0.2) is 0 Å². The molecule has 1 rings (SSSR count). The second-order valence-corrected chi connectivity index (χ2v) is 7.23. The standard InChI is InChI=1S/C17H35NS/c1-3-5-7-8-10-12-17(11-9-6-4-2)18-13-15-19-16-14-18/h17H,3-16H2,1-2H3. The Morgan fingerprint density at radius 1 is 0.789 bits per heavy atom. The molecule has 1 saturated heterocycles. The minimum Gasteiger partial charge on any atom is -0.299 e. The Balaban J connectivity index is 2.22. The summed E-state index contributed by atoms with van der Waals surface area (Å²) < 4.78 is 0. The molecule has 0 amide bonds. The lowest BCUT2D eigenvalue weighted by Crippen LogP contribution is -2.41. The lowest BCUT2D eigenvalue weighted by Gasteiger charge is -2.34. The Hall–Kier alpha value is 0.310. The van der Waals surface area contributed by atoms with E-state index in [1.807, 2.05) is 0 Å². The molecule has 0 aromatic heterocycles. The molecule has 19 heavy (non-hydrogen) atoms. The molecule has 0 N–H and O–H groups in total. The quantitative estimate of drug-likeness (QED) is 0.471. The highest BCUT2D eigenvalue weighted by Gasteiger charge is 2.19. The zero-order valence-electron chi connectivity index (χ0n) is 13.3. The van der Waals surface area contributed by atoms with Gasteiger partial charge in [0.05, 0.1) is 0 Å². The van der Waals surface area contributed by atoms with Gasteiger partial charge in [-0.15, -0.1) is 0 Å². The van der Waals surface area contributed by atoms with E-state index in [-0.39, 0.29) is 0 Å². The highest BCUT2D eigenvalue weighted by Crippen LogP contribution is 2.21. The molecule has 0 aromatic carbocycles. The second-order valence-electron chi connectivity index (χ2n) is 6.00. The Labute approximate surface area is 125 Å². The summed E-state index contributed by atoms with van der Waals surface area (Å²) in [5.74, 6) is 2.72. The van der Waals surface area contributed by atoms with Crippen molar-refractivity contribution in [2.24, 2.45) is 0 Å². The maximum atomic E-state index is 2.80. The van der Waals surface area contributed by atoms with Crippen LogP contribution in [0.2, 0.25) is 0 Å². The van der Waals surface area contributed by atoms with Crippen LogP contribution in [0.5, 0.6) is 0 Å². The topological polar surface area (TPSA) is 3.24 Å². The van der Waals surface area contributed by atoms with Crippen molar-refractivity contribution in [2.75, 3.05) is 24.6 Å². The van der Waals surface area contributed by atoms with Crippen molar-refractivity contribution >= 4 is 11.8 Å². The van der Waals surface area contributed by atoms with Crippen LogP contribution in [0.3, 0.4) is 0 Å². The highest BCUT2D eigenvalue weighted by atomic mass is 32.2. The predicted octanol–water partition coefficient (Wildman–Crippen LogP) is 5.34. The first-order chi connectivity index (χ1) is 9.38. The molecule has 1 aliphatic heterocycles. The number of nitrogens with zero attached hydrogens (tertiary/aromatic N) is 1. The third-order valence-corrected chi connectivity index (χ3v) is 5.29. The molecule has 1 atom stereocenters. The summed E-state index contributed by atoms with van der Waals surface area (Å²) >= 11 is 2.14. The Kier molecular flexibility index (Phi) is 11.0. The van der Waals surface area contributed by atoms with Crippen molar-refractivity contribution in [2.45, 2.75) is 84.1 Å². The number of unbranched alkanes of at least 4 members (excludes halogenated alkanes) is 6. The molecule has 0 spiro atoms. The minimum absolute atomic E-state index is 0.897. The molecule has 114 valence electrons. The van der Waals surface area contributed by atoms with Crippen LogP contribution in [-0.2, 0) is 0 Å². The average molecular weight is 286 g/mol. The molecule has 0 aromatic rings. The van der Waals surface area contributed by atoms with Gasteiger partial charge >= 0.3 is 0 Å². The fourth-order valence-corrected chi connectivity index (χ4v) is 4.00. The lowest BCUT2D eigenvalue weighted by molar-refractivity contribution is 0.187. The largest absolute Gasteiger partial charge is 0.299 e. The van der Waals surface area contributed by atoms with Crippen LogP contribution in [0.1, 0.15) is 78.1 Å². The van der Waals surface area contributed by atoms with Crippen LogP contribution < -0.4 is 0 Å². The zero-order valence-corrected chi connectivity index (χ0v) is 14.1. The van der Waals surface area contributed by atoms with E-state index in [2.05, 4.69) is 30.5 Å². The SMILES string of the molecule is CCCCCCCC(CCCCC)N1CCSCC1. The lowest BCUT2D eigenvalue weighted by atomic mass is 9.99. The predicted molar refractivity (Wildman–Crippen MR) is 90.2 cm³/mol. The Morgan fingerprint density at radius 2 is 1.32 bits per heavy atom. The summed E-state index contributed by atoms with van der Waals surface area (Å²) in [4.78, 5) is 2.80. The van der Waals surface area contributed by atoms with E-state index in [0.29, 0.717) is 0 Å². The molecule has 1 fully saturated rings. The van der Waals surface area contributed by atoms with E-state index in [1.165, 1.54) is 88.8 Å². The molecule has 1 aliphatic rings. The highest BCUT2D eigenvalue weighted by molar-refractivity contribution is 7.99. The Bertz CT molecular complexity index is 190. The monoisotopic (exact) mass is 285 g/mol. The fraction of sp³-hybridized carbons (Fsp3) is 1.00. The maximum absolute atomic E-state index is 2.80. The van der Waals surface area contributed by atoms with E-state index >= 15 is 0 Å². The van der Waals surface area contributed by atoms with Crippen molar-refractivity contribution < 1.29 is 0 Å². The molecule has 1 unspecified atom stereocenters. The van der Waals surface area contributed by atoms with Gasteiger partial charge in [0.2, 0.25) is 0 Å². The average Bonchev–Trinajstić information content (AvgIpc) is 2.46. The van der Waals surface area contributed by atoms with Crippen molar-refractivity contribution in [1.82, 2.24) is 4.90 Å². The molecular weight excluding hydrogens is 250 g/mol. The van der Waals surface area contributed by atoms with Crippen LogP contribution in [0.15, 0.2) is 0 Å². The van der Waals surface area contributed by atoms with Crippen molar-refractivity contribution in [3.63, 3.8) is 0 Å². The van der Waals surface area contributed by atoms with Gasteiger partial charge in [-0.3, -0.25) is 4.90 Å². The van der Waals surface area contributed by atoms with Crippen LogP contribution in [0, 0.1) is 0 Å². The van der Waals surface area contributed by atoms with Gasteiger partial charge in [0, 0.05) is 30.6 Å². The molecule has 2 heteroatoms. The molecular formula is C17H35NS. The smallest absolute Gasteiger partial charge is 0.00959 e.